The van der Waals surface area contributed by atoms with Crippen molar-refractivity contribution in [2.75, 3.05) is 39.3 Å². The molecule has 1 saturated carbocycles. The number of hydrogen-bond acceptors (Lipinski definition) is 1. The van der Waals surface area contributed by atoms with Gasteiger partial charge in [0.1, 0.15) is 0 Å². The molecule has 0 atom stereocenters. The monoisotopic (exact) mass is 598 g/mol. The van der Waals surface area contributed by atoms with Crippen molar-refractivity contribution in [2.45, 2.75) is 78.2 Å². The summed E-state index contributed by atoms with van der Waals surface area (Å²) in [6.45, 7) is 26.8. The molecule has 1 rings (SSSR count). The SMILES string of the molecule is C[Si](C)(C)[N-]CCN(CC[N-][Si](C)(C)C)CC[N-][Si](C)(C)C.[CH-]1CCC1.[W]. The van der Waals surface area contributed by atoms with E-state index < -0.39 is 24.7 Å². The minimum Gasteiger partial charge on any atom is -0.664 e. The van der Waals surface area contributed by atoms with Crippen LogP contribution in [-0.4, -0.2) is 68.9 Å². The quantitative estimate of drug-likeness (QED) is 0.193. The normalized spacial score (nSPS) is 14.9. The van der Waals surface area contributed by atoms with Gasteiger partial charge in [-0.05, 0) is 19.6 Å². The maximum Gasteiger partial charge on any atom is 0 e. The van der Waals surface area contributed by atoms with Crippen molar-refractivity contribution >= 4 is 24.7 Å². The summed E-state index contributed by atoms with van der Waals surface area (Å²) >= 11 is 0. The van der Waals surface area contributed by atoms with Gasteiger partial charge >= 0.3 is 0 Å². The molecule has 0 heterocycles. The van der Waals surface area contributed by atoms with Crippen LogP contribution in [0.25, 0.3) is 14.9 Å². The molecule has 0 bridgehead atoms. The maximum atomic E-state index is 4.86. The largest absolute Gasteiger partial charge is 0.664 e. The van der Waals surface area contributed by atoms with Gasteiger partial charge in [0.2, 0.25) is 0 Å². The molecule has 1 aliphatic rings. The van der Waals surface area contributed by atoms with Gasteiger partial charge in [-0.25, -0.2) is 0 Å². The van der Waals surface area contributed by atoms with Gasteiger partial charge in [0, 0.05) is 21.1 Å². The molecule has 1 fully saturated rings. The van der Waals surface area contributed by atoms with E-state index in [1.807, 2.05) is 0 Å². The average Bonchev–Trinajstić information content (AvgIpc) is 2.31. The van der Waals surface area contributed by atoms with E-state index >= 15 is 0 Å². The van der Waals surface area contributed by atoms with Crippen LogP contribution in [0, 0.1) is 6.42 Å². The van der Waals surface area contributed by atoms with E-state index in [0.717, 1.165) is 39.3 Å². The fourth-order valence-electron chi connectivity index (χ4n) is 2.12. The van der Waals surface area contributed by atoms with Gasteiger partial charge in [0.05, 0.1) is 0 Å². The molecule has 0 unspecified atom stereocenters. The minimum atomic E-state index is -1.28. The van der Waals surface area contributed by atoms with Gasteiger partial charge in [0.25, 0.3) is 0 Å². The van der Waals surface area contributed by atoms with Crippen LogP contribution in [0.15, 0.2) is 0 Å². The van der Waals surface area contributed by atoms with Crippen LogP contribution in [0.1, 0.15) is 19.3 Å². The zero-order valence-electron chi connectivity index (χ0n) is 19.6. The second-order valence-electron chi connectivity index (χ2n) is 10.2. The molecule has 0 saturated heterocycles. The summed E-state index contributed by atoms with van der Waals surface area (Å²) in [4.78, 5) is 17.1. The van der Waals surface area contributed by atoms with E-state index in [1.165, 1.54) is 19.3 Å². The predicted octanol–water partition coefficient (Wildman–Crippen LogP) is 6.29. The molecule has 0 aromatic rings. The fourth-order valence-corrected chi connectivity index (χ4v) is 4.43. The van der Waals surface area contributed by atoms with Crippen molar-refractivity contribution in [3.8, 4) is 0 Å². The zero-order chi connectivity index (χ0) is 20.3. The molecule has 0 aromatic carbocycles. The van der Waals surface area contributed by atoms with Crippen LogP contribution in [0.4, 0.5) is 0 Å². The first kappa shape index (κ1) is 30.4. The van der Waals surface area contributed by atoms with Crippen molar-refractivity contribution in [2.24, 2.45) is 0 Å². The van der Waals surface area contributed by atoms with Crippen LogP contribution in [0.3, 0.4) is 0 Å². The van der Waals surface area contributed by atoms with E-state index in [1.54, 1.807) is 0 Å². The van der Waals surface area contributed by atoms with Gasteiger partial charge in [-0.15, -0.1) is 26.1 Å². The number of nitrogens with zero attached hydrogens (tertiary/aromatic N) is 4. The van der Waals surface area contributed by atoms with Gasteiger partial charge < -0.3 is 26.3 Å². The van der Waals surface area contributed by atoms with Crippen LogP contribution in [0.2, 0.25) is 58.9 Å². The van der Waals surface area contributed by atoms with Crippen LogP contribution >= 0.6 is 0 Å². The predicted molar refractivity (Wildman–Crippen MR) is 129 cm³/mol. The van der Waals surface area contributed by atoms with Crippen molar-refractivity contribution < 1.29 is 21.1 Å². The van der Waals surface area contributed by atoms with E-state index in [2.05, 4.69) is 70.2 Å². The minimum absolute atomic E-state index is 0. The van der Waals surface area contributed by atoms with Gasteiger partial charge in [-0.3, -0.25) is 0 Å². The van der Waals surface area contributed by atoms with Crippen molar-refractivity contribution in [1.82, 2.24) is 4.90 Å². The van der Waals surface area contributed by atoms with Crippen molar-refractivity contribution in [3.05, 3.63) is 21.4 Å². The van der Waals surface area contributed by atoms with Crippen LogP contribution in [0.5, 0.6) is 0 Å². The number of hydrogen-bond donors (Lipinski definition) is 0. The Morgan fingerprint density at radius 2 is 0.852 bits per heavy atom. The Hall–Kier alpha value is 1.18. The Morgan fingerprint density at radius 3 is 1.00 bits per heavy atom. The Labute approximate surface area is 188 Å². The maximum absolute atomic E-state index is 4.86. The van der Waals surface area contributed by atoms with E-state index in [4.69, 9.17) is 14.9 Å². The average molecular weight is 599 g/mol. The summed E-state index contributed by atoms with van der Waals surface area (Å²) in [6.07, 6.45) is 6.50. The topological polar surface area (TPSA) is 45.5 Å². The van der Waals surface area contributed by atoms with E-state index in [0.29, 0.717) is 0 Å². The molecule has 27 heavy (non-hydrogen) atoms. The van der Waals surface area contributed by atoms with Crippen LogP contribution < -0.4 is 0 Å². The zero-order valence-corrected chi connectivity index (χ0v) is 25.6. The van der Waals surface area contributed by atoms with Crippen LogP contribution in [-0.2, 0) is 21.1 Å². The second-order valence-corrected chi connectivity index (χ2v) is 24.2. The first-order valence-electron chi connectivity index (χ1n) is 10.4. The third-order valence-electron chi connectivity index (χ3n) is 3.82. The third-order valence-corrected chi connectivity index (χ3v) is 7.34. The smallest absolute Gasteiger partial charge is 0 e. The molecule has 8 heteroatoms. The Bertz CT molecular complexity index is 297. The molecule has 0 aromatic heterocycles. The van der Waals surface area contributed by atoms with Gasteiger partial charge in [-0.1, -0.05) is 83.6 Å². The molecule has 1 aliphatic carbocycles. The van der Waals surface area contributed by atoms with Crippen molar-refractivity contribution in [3.63, 3.8) is 0 Å². The first-order chi connectivity index (χ1) is 11.8. The van der Waals surface area contributed by atoms with Gasteiger partial charge in [0.15, 0.2) is 0 Å². The Morgan fingerprint density at radius 1 is 0.630 bits per heavy atom. The summed E-state index contributed by atoms with van der Waals surface area (Å²) < 4.78 is 0. The summed E-state index contributed by atoms with van der Waals surface area (Å²) in [5.74, 6) is 0. The second kappa shape index (κ2) is 15.1. The summed E-state index contributed by atoms with van der Waals surface area (Å²) in [7, 11) is -3.84. The molecule has 164 valence electrons. The fraction of sp³-hybridized carbons (Fsp3) is 0.947. The van der Waals surface area contributed by atoms with E-state index in [9.17, 15) is 0 Å². The summed E-state index contributed by atoms with van der Waals surface area (Å²) in [6, 6.07) is 0. The van der Waals surface area contributed by atoms with Gasteiger partial charge in [-0.2, -0.15) is 12.8 Å². The molecular formula is C19H46N4Si3W-4. The molecule has 0 amide bonds. The summed E-state index contributed by atoms with van der Waals surface area (Å²) in [5.41, 5.74) is 0. The molecule has 0 aliphatic heterocycles. The standard InChI is InChI=1S/C15H39N4Si3.C4H7.W/c1-20(2,3)16-10-13-19(14-11-17-21(4,5)6)15-12-18-22(7,8)9;1-2-4-3-1;/h10-15H2,1-9H3;1H,2-4H2;/q-3;-1;. The van der Waals surface area contributed by atoms with E-state index in [-0.39, 0.29) is 21.1 Å². The Kier molecular flexibility index (Phi) is 16.9. The molecule has 4 nitrogen and oxygen atoms in total. The molecule has 0 radical (unpaired) electrons. The summed E-state index contributed by atoms with van der Waals surface area (Å²) in [5, 5.41) is 0. The molecule has 0 N–H and O–H groups in total. The first-order valence-corrected chi connectivity index (χ1v) is 20.7. The number of rotatable bonds is 12. The Balaban J connectivity index is 0. The molecule has 0 spiro atoms. The third kappa shape index (κ3) is 25.1. The molecular weight excluding hydrogens is 552 g/mol. The van der Waals surface area contributed by atoms with Crippen molar-refractivity contribution in [1.29, 1.82) is 0 Å².